The van der Waals surface area contributed by atoms with Crippen LogP contribution in [0.2, 0.25) is 0 Å². The molecule has 3 nitrogen and oxygen atoms in total. The molecule has 1 saturated carbocycles. The number of alkyl halides is 3. The molecule has 118 valence electrons. The summed E-state index contributed by atoms with van der Waals surface area (Å²) < 4.78 is 61.8. The molecule has 1 aromatic rings. The maximum Gasteiger partial charge on any atom is 0.416 e. The standard InChI is InChI=1S/C14H18F3NO2S/c15-14(16,17)11-5-7-12(8-6-11)21(19,20)9-13(18)10-3-1-2-4-10/h5-8,10,13H,1-4,9,18H2. The van der Waals surface area contributed by atoms with Crippen LogP contribution in [0.3, 0.4) is 0 Å². The first-order valence-corrected chi connectivity index (χ1v) is 8.51. The topological polar surface area (TPSA) is 60.2 Å². The lowest BCUT2D eigenvalue weighted by Gasteiger charge is -2.18. The summed E-state index contributed by atoms with van der Waals surface area (Å²) in [5.74, 6) is -0.0301. The highest BCUT2D eigenvalue weighted by Crippen LogP contribution is 2.31. The summed E-state index contributed by atoms with van der Waals surface area (Å²) in [6.07, 6.45) is -0.521. The molecule has 2 N–H and O–H groups in total. The van der Waals surface area contributed by atoms with E-state index in [1.165, 1.54) is 0 Å². The Labute approximate surface area is 122 Å². The average molecular weight is 321 g/mol. The van der Waals surface area contributed by atoms with Crippen LogP contribution in [0.15, 0.2) is 29.2 Å². The van der Waals surface area contributed by atoms with E-state index in [9.17, 15) is 21.6 Å². The lowest BCUT2D eigenvalue weighted by molar-refractivity contribution is -0.137. The van der Waals surface area contributed by atoms with Crippen molar-refractivity contribution >= 4 is 9.84 Å². The Bertz CT molecular complexity index is 575. The first kappa shape index (κ1) is 16.3. The van der Waals surface area contributed by atoms with Gasteiger partial charge in [-0.05, 0) is 43.0 Å². The van der Waals surface area contributed by atoms with Gasteiger partial charge in [0, 0.05) is 6.04 Å². The molecule has 0 radical (unpaired) electrons. The summed E-state index contributed by atoms with van der Waals surface area (Å²) in [5, 5.41) is 0. The number of hydrogen-bond donors (Lipinski definition) is 1. The number of rotatable bonds is 4. The van der Waals surface area contributed by atoms with E-state index in [4.69, 9.17) is 5.73 Å². The summed E-state index contributed by atoms with van der Waals surface area (Å²) in [7, 11) is -3.65. The second kappa shape index (κ2) is 5.96. The molecule has 1 aliphatic rings. The van der Waals surface area contributed by atoms with Crippen molar-refractivity contribution in [2.45, 2.75) is 42.8 Å². The van der Waals surface area contributed by atoms with E-state index in [1.807, 2.05) is 0 Å². The minimum absolute atomic E-state index is 0.107. The van der Waals surface area contributed by atoms with Gasteiger partial charge in [-0.3, -0.25) is 0 Å². The summed E-state index contributed by atoms with van der Waals surface area (Å²) in [5.41, 5.74) is 5.08. The third-order valence-electron chi connectivity index (χ3n) is 3.96. The predicted octanol–water partition coefficient (Wildman–Crippen LogP) is 3.00. The van der Waals surface area contributed by atoms with Gasteiger partial charge in [-0.15, -0.1) is 0 Å². The SMILES string of the molecule is NC(CS(=O)(=O)c1ccc(C(F)(F)F)cc1)C1CCCC1. The summed E-state index contributed by atoms with van der Waals surface area (Å²) >= 11 is 0. The smallest absolute Gasteiger partial charge is 0.327 e. The number of benzene rings is 1. The molecule has 1 unspecified atom stereocenters. The molecule has 0 amide bonds. The Morgan fingerprint density at radius 1 is 1.14 bits per heavy atom. The van der Waals surface area contributed by atoms with Crippen LogP contribution < -0.4 is 5.73 Å². The van der Waals surface area contributed by atoms with Crippen molar-refractivity contribution in [1.82, 2.24) is 0 Å². The van der Waals surface area contributed by atoms with E-state index in [0.717, 1.165) is 49.9 Å². The van der Waals surface area contributed by atoms with Crippen molar-refractivity contribution in [2.75, 3.05) is 5.75 Å². The van der Waals surface area contributed by atoms with Gasteiger partial charge in [-0.2, -0.15) is 13.2 Å². The van der Waals surface area contributed by atoms with Gasteiger partial charge in [0.05, 0.1) is 16.2 Å². The molecule has 21 heavy (non-hydrogen) atoms. The molecule has 0 spiro atoms. The zero-order valence-corrected chi connectivity index (χ0v) is 12.3. The van der Waals surface area contributed by atoms with Gasteiger partial charge >= 0.3 is 6.18 Å². The van der Waals surface area contributed by atoms with Gasteiger partial charge in [0.2, 0.25) is 0 Å². The van der Waals surface area contributed by atoms with E-state index in [2.05, 4.69) is 0 Å². The Balaban J connectivity index is 2.12. The third-order valence-corrected chi connectivity index (χ3v) is 5.77. The molecular formula is C14H18F3NO2S. The molecule has 0 bridgehead atoms. The van der Waals surface area contributed by atoms with Crippen LogP contribution in [-0.4, -0.2) is 20.2 Å². The highest BCUT2D eigenvalue weighted by molar-refractivity contribution is 7.91. The highest BCUT2D eigenvalue weighted by Gasteiger charge is 2.31. The fourth-order valence-corrected chi connectivity index (χ4v) is 4.24. The number of nitrogens with two attached hydrogens (primary N) is 1. The molecule has 1 aliphatic carbocycles. The van der Waals surface area contributed by atoms with E-state index < -0.39 is 27.6 Å². The highest BCUT2D eigenvalue weighted by atomic mass is 32.2. The molecule has 1 fully saturated rings. The lowest BCUT2D eigenvalue weighted by Crippen LogP contribution is -2.35. The molecule has 0 aliphatic heterocycles. The average Bonchev–Trinajstić information content (AvgIpc) is 2.91. The Morgan fingerprint density at radius 2 is 1.67 bits per heavy atom. The van der Waals surface area contributed by atoms with Crippen LogP contribution in [0.4, 0.5) is 13.2 Å². The van der Waals surface area contributed by atoms with Gasteiger partial charge in [-0.25, -0.2) is 8.42 Å². The van der Waals surface area contributed by atoms with Crippen LogP contribution in [0.25, 0.3) is 0 Å². The van der Waals surface area contributed by atoms with Gasteiger partial charge < -0.3 is 5.73 Å². The summed E-state index contributed by atoms with van der Waals surface area (Å²) in [6, 6.07) is 3.11. The molecule has 2 rings (SSSR count). The van der Waals surface area contributed by atoms with E-state index >= 15 is 0 Å². The van der Waals surface area contributed by atoms with Gasteiger partial charge in [-0.1, -0.05) is 12.8 Å². The normalized spacial score (nSPS) is 18.9. The molecule has 0 heterocycles. The maximum atomic E-state index is 12.5. The molecule has 0 saturated heterocycles. The Kier molecular flexibility index (Phi) is 4.63. The molecule has 1 atom stereocenters. The maximum absolute atomic E-state index is 12.5. The number of hydrogen-bond acceptors (Lipinski definition) is 3. The van der Waals surface area contributed by atoms with Crippen molar-refractivity contribution in [3.63, 3.8) is 0 Å². The second-order valence-corrected chi connectivity index (χ2v) is 7.55. The van der Waals surface area contributed by atoms with Crippen molar-refractivity contribution in [2.24, 2.45) is 11.7 Å². The van der Waals surface area contributed by atoms with Crippen LogP contribution in [0, 0.1) is 5.92 Å². The van der Waals surface area contributed by atoms with Crippen LogP contribution in [0.5, 0.6) is 0 Å². The van der Waals surface area contributed by atoms with Crippen LogP contribution in [0.1, 0.15) is 31.2 Å². The fraction of sp³-hybridized carbons (Fsp3) is 0.571. The van der Waals surface area contributed by atoms with Gasteiger partial charge in [0.25, 0.3) is 0 Å². The minimum atomic E-state index is -4.47. The first-order chi connectivity index (χ1) is 9.70. The van der Waals surface area contributed by atoms with Gasteiger partial charge in [0.15, 0.2) is 9.84 Å². The van der Waals surface area contributed by atoms with Gasteiger partial charge in [0.1, 0.15) is 0 Å². The van der Waals surface area contributed by atoms with Crippen LogP contribution >= 0.6 is 0 Å². The van der Waals surface area contributed by atoms with Crippen LogP contribution in [-0.2, 0) is 16.0 Å². The van der Waals surface area contributed by atoms with E-state index in [1.54, 1.807) is 0 Å². The Hall–Kier alpha value is -1.08. The Morgan fingerprint density at radius 3 is 2.14 bits per heavy atom. The molecule has 1 aromatic carbocycles. The minimum Gasteiger partial charge on any atom is -0.327 e. The molecule has 0 aromatic heterocycles. The third kappa shape index (κ3) is 3.97. The second-order valence-electron chi connectivity index (χ2n) is 5.51. The van der Waals surface area contributed by atoms with Crippen molar-refractivity contribution in [1.29, 1.82) is 0 Å². The number of sulfone groups is 1. The van der Waals surface area contributed by atoms with Crippen molar-refractivity contribution < 1.29 is 21.6 Å². The van der Waals surface area contributed by atoms with E-state index in [0.29, 0.717) is 0 Å². The molecular weight excluding hydrogens is 303 g/mol. The van der Waals surface area contributed by atoms with Crippen molar-refractivity contribution in [3.8, 4) is 0 Å². The lowest BCUT2D eigenvalue weighted by atomic mass is 10.0. The fourth-order valence-electron chi connectivity index (χ4n) is 2.72. The quantitative estimate of drug-likeness (QED) is 0.927. The monoisotopic (exact) mass is 321 g/mol. The largest absolute Gasteiger partial charge is 0.416 e. The zero-order chi connectivity index (χ0) is 15.7. The summed E-state index contributed by atoms with van der Waals surface area (Å²) in [6.45, 7) is 0. The first-order valence-electron chi connectivity index (χ1n) is 6.86. The zero-order valence-electron chi connectivity index (χ0n) is 11.4. The predicted molar refractivity (Wildman–Crippen MR) is 73.4 cm³/mol. The number of halogens is 3. The van der Waals surface area contributed by atoms with E-state index in [-0.39, 0.29) is 16.6 Å². The summed E-state index contributed by atoms with van der Waals surface area (Å²) in [4.78, 5) is -0.107. The van der Waals surface area contributed by atoms with Crippen molar-refractivity contribution in [3.05, 3.63) is 29.8 Å². The molecule has 7 heteroatoms.